The van der Waals surface area contributed by atoms with Crippen LogP contribution in [0.1, 0.15) is 18.2 Å². The van der Waals surface area contributed by atoms with Crippen molar-refractivity contribution in [2.75, 3.05) is 67.6 Å². The van der Waals surface area contributed by atoms with Gasteiger partial charge in [-0.1, -0.05) is 18.5 Å². The van der Waals surface area contributed by atoms with Crippen LogP contribution in [0.4, 0.5) is 30.5 Å². The molecule has 0 bridgehead atoms. The molecule has 0 unspecified atom stereocenters. The first-order chi connectivity index (χ1) is 19.1. The van der Waals surface area contributed by atoms with Gasteiger partial charge < -0.3 is 29.7 Å². The summed E-state index contributed by atoms with van der Waals surface area (Å²) >= 11 is 6.07. The van der Waals surface area contributed by atoms with Crippen molar-refractivity contribution < 1.29 is 22.7 Å². The molecule has 15 heteroatoms. The van der Waals surface area contributed by atoms with Crippen molar-refractivity contribution in [1.82, 2.24) is 24.5 Å². The standard InChI is InChI=1S/C25H28ClF3N8O3/c1-2-18-20(34-7-5-30-6-8-34)21(39)37-23(32-22(33-37)35-11-24(12-35)13-40-14-24)36(18)10-19(38)31-17-4-3-15(9-16(17)26)25(27,28)29/h3-4,9,30H,2,5-8,10-14H2,1H3,(H,31,38). The molecule has 2 aromatic heterocycles. The fourth-order valence-electron chi connectivity index (χ4n) is 5.55. The highest BCUT2D eigenvalue weighted by atomic mass is 35.5. The van der Waals surface area contributed by atoms with Gasteiger partial charge in [-0.05, 0) is 24.6 Å². The molecule has 3 fully saturated rings. The molecule has 0 aliphatic carbocycles. The molecule has 1 spiro atoms. The summed E-state index contributed by atoms with van der Waals surface area (Å²) < 4.78 is 47.4. The van der Waals surface area contributed by atoms with E-state index in [1.807, 2.05) is 16.7 Å². The monoisotopic (exact) mass is 580 g/mol. The van der Waals surface area contributed by atoms with Crippen molar-refractivity contribution >= 4 is 40.6 Å². The van der Waals surface area contributed by atoms with Crippen LogP contribution >= 0.6 is 11.6 Å². The minimum atomic E-state index is -4.56. The van der Waals surface area contributed by atoms with E-state index < -0.39 is 17.6 Å². The van der Waals surface area contributed by atoms with Crippen molar-refractivity contribution in [3.8, 4) is 0 Å². The second-order valence-electron chi connectivity index (χ2n) is 10.5. The molecule has 6 rings (SSSR count). The lowest BCUT2D eigenvalue weighted by Crippen LogP contribution is -2.66. The molecule has 2 N–H and O–H groups in total. The van der Waals surface area contributed by atoms with Crippen LogP contribution in [0.3, 0.4) is 0 Å². The summed E-state index contributed by atoms with van der Waals surface area (Å²) in [6.45, 7) is 7.07. The van der Waals surface area contributed by atoms with Gasteiger partial charge in [-0.3, -0.25) is 9.59 Å². The Labute approximate surface area is 231 Å². The molecule has 0 saturated carbocycles. The van der Waals surface area contributed by atoms with Gasteiger partial charge in [-0.2, -0.15) is 22.7 Å². The Morgan fingerprint density at radius 3 is 2.52 bits per heavy atom. The third-order valence-electron chi connectivity index (χ3n) is 7.61. The van der Waals surface area contributed by atoms with Gasteiger partial charge in [-0.15, -0.1) is 5.10 Å². The number of hydrogen-bond donors (Lipinski definition) is 2. The minimum Gasteiger partial charge on any atom is -0.380 e. The van der Waals surface area contributed by atoms with Crippen LogP contribution in [-0.4, -0.2) is 77.6 Å². The lowest BCUT2D eigenvalue weighted by Gasteiger charge is -2.54. The van der Waals surface area contributed by atoms with Gasteiger partial charge in [0.2, 0.25) is 17.6 Å². The van der Waals surface area contributed by atoms with Gasteiger partial charge in [0, 0.05) is 39.3 Å². The third-order valence-corrected chi connectivity index (χ3v) is 7.92. The van der Waals surface area contributed by atoms with Crippen LogP contribution < -0.4 is 26.0 Å². The van der Waals surface area contributed by atoms with Gasteiger partial charge in [0.25, 0.3) is 5.56 Å². The number of fused-ring (bicyclic) bond motifs is 1. The van der Waals surface area contributed by atoms with Crippen LogP contribution in [0.2, 0.25) is 5.02 Å². The SMILES string of the molecule is CCc1c(N2CCNCC2)c(=O)n2nc(N3CC4(COC4)C3)nc2n1CC(=O)Nc1ccc(C(F)(F)F)cc1Cl. The number of piperazine rings is 1. The van der Waals surface area contributed by atoms with Crippen LogP contribution in [0.25, 0.3) is 5.78 Å². The molecule has 11 nitrogen and oxygen atoms in total. The van der Waals surface area contributed by atoms with Crippen molar-refractivity contribution in [3.05, 3.63) is 44.8 Å². The predicted octanol–water partition coefficient (Wildman–Crippen LogP) is 2.01. The van der Waals surface area contributed by atoms with E-state index in [-0.39, 0.29) is 34.0 Å². The highest BCUT2D eigenvalue weighted by Gasteiger charge is 2.50. The van der Waals surface area contributed by atoms with Crippen LogP contribution in [0.15, 0.2) is 23.0 Å². The zero-order valence-corrected chi connectivity index (χ0v) is 22.5. The highest BCUT2D eigenvalue weighted by molar-refractivity contribution is 6.33. The number of carbonyl (C=O) groups excluding carboxylic acids is 1. The maximum atomic E-state index is 13.8. The molecule has 3 aliphatic rings. The van der Waals surface area contributed by atoms with Crippen molar-refractivity contribution in [2.24, 2.45) is 5.41 Å². The lowest BCUT2D eigenvalue weighted by atomic mass is 9.78. The number of anilines is 3. The van der Waals surface area contributed by atoms with Gasteiger partial charge >= 0.3 is 6.18 Å². The summed E-state index contributed by atoms with van der Waals surface area (Å²) in [4.78, 5) is 35.7. The third kappa shape index (κ3) is 4.67. The summed E-state index contributed by atoms with van der Waals surface area (Å²) in [7, 11) is 0. The zero-order valence-electron chi connectivity index (χ0n) is 21.7. The topological polar surface area (TPSA) is 109 Å². The molecule has 40 heavy (non-hydrogen) atoms. The van der Waals surface area contributed by atoms with E-state index in [4.69, 9.17) is 16.3 Å². The van der Waals surface area contributed by atoms with E-state index in [0.29, 0.717) is 63.1 Å². The molecular formula is C25H28ClF3N8O3. The second-order valence-corrected chi connectivity index (χ2v) is 10.9. The van der Waals surface area contributed by atoms with E-state index in [2.05, 4.69) is 20.7 Å². The molecule has 1 amide bonds. The van der Waals surface area contributed by atoms with E-state index >= 15 is 0 Å². The van der Waals surface area contributed by atoms with Crippen LogP contribution in [0.5, 0.6) is 0 Å². The molecule has 3 saturated heterocycles. The fourth-order valence-corrected chi connectivity index (χ4v) is 5.77. The molecule has 3 aliphatic heterocycles. The Balaban J connectivity index is 1.37. The highest BCUT2D eigenvalue weighted by Crippen LogP contribution is 2.39. The first-order valence-electron chi connectivity index (χ1n) is 13.1. The quantitative estimate of drug-likeness (QED) is 0.456. The number of rotatable bonds is 6. The minimum absolute atomic E-state index is 0.0489. The Kier molecular flexibility index (Phi) is 6.66. The Bertz CT molecular complexity index is 1520. The van der Waals surface area contributed by atoms with Gasteiger partial charge in [-0.25, -0.2) is 0 Å². The number of benzene rings is 1. The number of halogens is 4. The normalized spacial score (nSPS) is 18.6. The molecule has 5 heterocycles. The summed E-state index contributed by atoms with van der Waals surface area (Å²) in [6.07, 6.45) is -4.12. The van der Waals surface area contributed by atoms with Crippen LogP contribution in [-0.2, 0) is 28.7 Å². The Morgan fingerprint density at radius 2 is 1.93 bits per heavy atom. The summed E-state index contributed by atoms with van der Waals surface area (Å²) in [5, 5.41) is 10.2. The number of aromatic nitrogens is 4. The second kappa shape index (κ2) is 9.93. The molecular weight excluding hydrogens is 553 g/mol. The average molecular weight is 581 g/mol. The maximum Gasteiger partial charge on any atom is 0.416 e. The zero-order chi connectivity index (χ0) is 28.2. The fraction of sp³-hybridized carbons (Fsp3) is 0.520. The summed E-state index contributed by atoms with van der Waals surface area (Å²) in [6, 6.07) is 2.75. The van der Waals surface area contributed by atoms with Crippen molar-refractivity contribution in [2.45, 2.75) is 26.1 Å². The van der Waals surface area contributed by atoms with Crippen molar-refractivity contribution in [1.29, 1.82) is 0 Å². The molecule has 3 aromatic rings. The first kappa shape index (κ1) is 26.8. The first-order valence-corrected chi connectivity index (χ1v) is 13.4. The van der Waals surface area contributed by atoms with E-state index in [0.717, 1.165) is 31.3 Å². The van der Waals surface area contributed by atoms with Gasteiger partial charge in [0.05, 0.1) is 40.6 Å². The number of ether oxygens (including phenoxy) is 1. The number of nitrogens with zero attached hydrogens (tertiary/aromatic N) is 6. The van der Waals surface area contributed by atoms with Crippen molar-refractivity contribution in [3.63, 3.8) is 0 Å². The number of hydrogen-bond acceptors (Lipinski definition) is 8. The van der Waals surface area contributed by atoms with Gasteiger partial charge in [0.1, 0.15) is 12.2 Å². The Morgan fingerprint density at radius 1 is 1.20 bits per heavy atom. The Hall–Kier alpha value is -3.36. The van der Waals surface area contributed by atoms with E-state index in [1.54, 1.807) is 4.57 Å². The number of amides is 1. The summed E-state index contributed by atoms with van der Waals surface area (Å²) in [5.74, 6) is 0.0801. The summed E-state index contributed by atoms with van der Waals surface area (Å²) in [5.41, 5.74) is 0.0174. The van der Waals surface area contributed by atoms with Crippen LogP contribution in [0, 0.1) is 5.41 Å². The molecule has 214 valence electrons. The lowest BCUT2D eigenvalue weighted by molar-refractivity contribution is -0.137. The van der Waals surface area contributed by atoms with E-state index in [1.165, 1.54) is 4.52 Å². The molecule has 0 radical (unpaired) electrons. The number of nitrogens with one attached hydrogen (secondary N) is 2. The predicted molar refractivity (Wildman–Crippen MR) is 142 cm³/mol. The maximum absolute atomic E-state index is 13.8. The molecule has 1 aromatic carbocycles. The molecule has 0 atom stereocenters. The smallest absolute Gasteiger partial charge is 0.380 e. The number of carbonyl (C=O) groups is 1. The average Bonchev–Trinajstić information content (AvgIpc) is 3.30. The largest absolute Gasteiger partial charge is 0.416 e. The van der Waals surface area contributed by atoms with E-state index in [9.17, 15) is 22.8 Å². The van der Waals surface area contributed by atoms with Gasteiger partial charge in [0.15, 0.2) is 0 Å². The number of alkyl halides is 3.